The van der Waals surface area contributed by atoms with E-state index in [9.17, 15) is 20.4 Å². The number of aliphatic hydroxyl groups is 4. The molecule has 1 aromatic rings. The highest BCUT2D eigenvalue weighted by molar-refractivity contribution is 7.53. The van der Waals surface area contributed by atoms with Crippen LogP contribution in [0.3, 0.4) is 0 Å². The standard InChI is InChI=1S/C38H70O4.H4O5P2/c1-9-10-11-12-13-14-15-16-17-18-19-20-21-22-23-24-25-38(42,37(28-39,29-40)30-41)34-32(35(3,4)5)26-31(2)27-33(34)36(6,7)8;1-6(2)5-7(3)4/h26-27,39-42H,9-25,28-30H2,1-8H3;1-4H. The maximum atomic E-state index is 12.7. The third-order valence-corrected chi connectivity index (χ3v) is 10.8. The fourth-order valence-electron chi connectivity index (χ4n) is 6.61. The zero-order valence-corrected chi connectivity index (χ0v) is 34.0. The molecule has 0 bridgehead atoms. The van der Waals surface area contributed by atoms with E-state index in [2.05, 4.69) is 71.8 Å². The quantitative estimate of drug-likeness (QED) is 0.0382. The van der Waals surface area contributed by atoms with Crippen LogP contribution in [-0.4, -0.2) is 59.8 Å². The van der Waals surface area contributed by atoms with E-state index >= 15 is 0 Å². The maximum absolute atomic E-state index is 12.7. The van der Waals surface area contributed by atoms with Crippen molar-refractivity contribution in [2.75, 3.05) is 19.8 Å². The molecule has 1 rings (SSSR count). The zero-order valence-electron chi connectivity index (χ0n) is 32.2. The molecule has 0 amide bonds. The number of aryl methyl sites for hydroxylation is 1. The highest BCUT2D eigenvalue weighted by Crippen LogP contribution is 2.50. The molecule has 9 nitrogen and oxygen atoms in total. The van der Waals surface area contributed by atoms with Crippen molar-refractivity contribution in [2.45, 2.75) is 181 Å². The Kier molecular flexibility index (Phi) is 24.7. The molecule has 0 saturated heterocycles. The van der Waals surface area contributed by atoms with E-state index in [0.29, 0.717) is 6.42 Å². The van der Waals surface area contributed by atoms with Gasteiger partial charge in [-0.05, 0) is 40.9 Å². The van der Waals surface area contributed by atoms with E-state index < -0.39 is 48.0 Å². The lowest BCUT2D eigenvalue weighted by Gasteiger charge is -2.49. The predicted molar refractivity (Wildman–Crippen MR) is 204 cm³/mol. The van der Waals surface area contributed by atoms with Crippen LogP contribution in [-0.2, 0) is 20.7 Å². The van der Waals surface area contributed by atoms with E-state index in [4.69, 9.17) is 19.6 Å². The van der Waals surface area contributed by atoms with Crippen LogP contribution in [0.15, 0.2) is 12.1 Å². The SMILES string of the molecule is CCCCCCCCCCCCCCCCCCC(O)(c1c(C(C)(C)C)cc(C)cc1C(C)(C)C)C(CO)(CO)CO.OP(O)OP(O)O. The second-order valence-corrected chi connectivity index (χ2v) is 17.7. The summed E-state index contributed by atoms with van der Waals surface area (Å²) in [4.78, 5) is 31.3. The normalized spacial score (nSPS) is 13.9. The molecule has 0 aliphatic carbocycles. The van der Waals surface area contributed by atoms with Crippen LogP contribution in [0.1, 0.15) is 180 Å². The van der Waals surface area contributed by atoms with Gasteiger partial charge in [-0.1, -0.05) is 169 Å². The van der Waals surface area contributed by atoms with Gasteiger partial charge in [-0.3, -0.25) is 0 Å². The Labute approximate surface area is 301 Å². The summed E-state index contributed by atoms with van der Waals surface area (Å²) in [6.45, 7) is 15.8. The number of rotatable bonds is 24. The van der Waals surface area contributed by atoms with Gasteiger partial charge in [-0.2, -0.15) is 0 Å². The Morgan fingerprint density at radius 3 is 1.10 bits per heavy atom. The molecule has 0 saturated carbocycles. The van der Waals surface area contributed by atoms with Gasteiger partial charge in [0.1, 0.15) is 5.60 Å². The Balaban J connectivity index is 0.00000295. The molecule has 1 atom stereocenters. The third kappa shape index (κ3) is 17.9. The minimum absolute atomic E-state index is 0.268. The van der Waals surface area contributed by atoms with Crippen LogP contribution in [0, 0.1) is 12.3 Å². The summed E-state index contributed by atoms with van der Waals surface area (Å²) in [6.07, 6.45) is 20.8. The Hall–Kier alpha value is -0.280. The van der Waals surface area contributed by atoms with Crippen molar-refractivity contribution < 1.29 is 44.3 Å². The van der Waals surface area contributed by atoms with Gasteiger partial charge in [-0.15, -0.1) is 0 Å². The van der Waals surface area contributed by atoms with E-state index in [1.54, 1.807) is 0 Å². The number of benzene rings is 1. The average Bonchev–Trinajstić information content (AvgIpc) is 3.00. The Morgan fingerprint density at radius 1 is 0.551 bits per heavy atom. The summed E-state index contributed by atoms with van der Waals surface area (Å²) < 4.78 is 3.60. The molecule has 0 spiro atoms. The van der Waals surface area contributed by atoms with E-state index in [1.165, 1.54) is 83.5 Å². The minimum Gasteiger partial charge on any atom is -0.395 e. The van der Waals surface area contributed by atoms with Gasteiger partial charge in [0.15, 0.2) is 0 Å². The average molecular weight is 737 g/mol. The molecule has 0 aliphatic rings. The van der Waals surface area contributed by atoms with Crippen LogP contribution in [0.4, 0.5) is 0 Å². The van der Waals surface area contributed by atoms with Gasteiger partial charge in [0.05, 0.1) is 25.2 Å². The van der Waals surface area contributed by atoms with E-state index in [0.717, 1.165) is 41.5 Å². The fraction of sp³-hybridized carbons (Fsp3) is 0.842. The second kappa shape index (κ2) is 24.9. The van der Waals surface area contributed by atoms with Crippen molar-refractivity contribution in [3.63, 3.8) is 0 Å². The van der Waals surface area contributed by atoms with Gasteiger partial charge in [0.2, 0.25) is 0 Å². The molecule has 0 fully saturated rings. The minimum atomic E-state index is -2.61. The summed E-state index contributed by atoms with van der Waals surface area (Å²) in [7, 11) is -5.22. The van der Waals surface area contributed by atoms with Crippen molar-refractivity contribution >= 4 is 17.2 Å². The van der Waals surface area contributed by atoms with Gasteiger partial charge in [0, 0.05) is 0 Å². The maximum Gasteiger partial charge on any atom is 0.334 e. The molecular formula is C38H74O9P2. The smallest absolute Gasteiger partial charge is 0.334 e. The van der Waals surface area contributed by atoms with Gasteiger partial charge in [-0.25, -0.2) is 4.31 Å². The highest BCUT2D eigenvalue weighted by atomic mass is 31.2. The monoisotopic (exact) mass is 736 g/mol. The number of unbranched alkanes of at least 4 members (excludes halogenated alkanes) is 15. The summed E-state index contributed by atoms with van der Waals surface area (Å²) in [5, 5.41) is 44.4. The molecule has 11 heteroatoms. The molecule has 8 N–H and O–H groups in total. The molecular weight excluding hydrogens is 662 g/mol. The first-order valence-electron chi connectivity index (χ1n) is 18.6. The van der Waals surface area contributed by atoms with Crippen molar-refractivity contribution in [2.24, 2.45) is 5.41 Å². The lowest BCUT2D eigenvalue weighted by atomic mass is 9.60. The molecule has 1 aromatic carbocycles. The van der Waals surface area contributed by atoms with Gasteiger partial charge < -0.3 is 40.0 Å². The first-order valence-corrected chi connectivity index (χ1v) is 20.9. The molecule has 1 unspecified atom stereocenters. The number of hydrogen-bond donors (Lipinski definition) is 8. The third-order valence-electron chi connectivity index (χ3n) is 9.64. The van der Waals surface area contributed by atoms with Gasteiger partial charge in [0.25, 0.3) is 0 Å². The zero-order chi connectivity index (χ0) is 37.7. The van der Waals surface area contributed by atoms with Crippen LogP contribution < -0.4 is 0 Å². The van der Waals surface area contributed by atoms with Crippen LogP contribution >= 0.6 is 17.2 Å². The second-order valence-electron chi connectivity index (χ2n) is 16.0. The fourth-order valence-corrected chi connectivity index (χ4v) is 7.13. The van der Waals surface area contributed by atoms with Crippen molar-refractivity contribution in [1.82, 2.24) is 0 Å². The first kappa shape index (κ1) is 48.7. The molecule has 49 heavy (non-hydrogen) atoms. The van der Waals surface area contributed by atoms with Crippen molar-refractivity contribution in [3.8, 4) is 0 Å². The molecule has 290 valence electrons. The molecule has 0 aromatic heterocycles. The molecule has 0 heterocycles. The van der Waals surface area contributed by atoms with Crippen LogP contribution in [0.25, 0.3) is 0 Å². The molecule has 0 aliphatic heterocycles. The highest BCUT2D eigenvalue weighted by Gasteiger charge is 2.53. The van der Waals surface area contributed by atoms with Crippen LogP contribution in [0.2, 0.25) is 0 Å². The van der Waals surface area contributed by atoms with Crippen LogP contribution in [0.5, 0.6) is 0 Å². The largest absolute Gasteiger partial charge is 0.395 e. The van der Waals surface area contributed by atoms with Gasteiger partial charge >= 0.3 is 17.2 Å². The van der Waals surface area contributed by atoms with Crippen molar-refractivity contribution in [3.05, 3.63) is 34.4 Å². The summed E-state index contributed by atoms with van der Waals surface area (Å²) in [5.74, 6) is 0. The Bertz CT molecular complexity index is 939. The number of hydrogen-bond acceptors (Lipinski definition) is 9. The summed E-state index contributed by atoms with van der Waals surface area (Å²) in [6, 6.07) is 4.28. The lowest BCUT2D eigenvalue weighted by molar-refractivity contribution is -0.165. The van der Waals surface area contributed by atoms with E-state index in [1.807, 2.05) is 0 Å². The number of aliphatic hydroxyl groups excluding tert-OH is 3. The first-order chi connectivity index (χ1) is 22.9. The summed E-state index contributed by atoms with van der Waals surface area (Å²) >= 11 is 0. The predicted octanol–water partition coefficient (Wildman–Crippen LogP) is 8.82. The van der Waals surface area contributed by atoms with E-state index in [-0.39, 0.29) is 10.8 Å². The lowest BCUT2D eigenvalue weighted by Crippen LogP contribution is -2.55. The molecule has 0 radical (unpaired) electrons. The topological polar surface area (TPSA) is 171 Å². The Morgan fingerprint density at radius 2 is 0.857 bits per heavy atom. The summed E-state index contributed by atoms with van der Waals surface area (Å²) in [5.41, 5.74) is 0.397. The van der Waals surface area contributed by atoms with Crippen molar-refractivity contribution in [1.29, 1.82) is 0 Å².